The molecule has 1 unspecified atom stereocenters. The van der Waals surface area contributed by atoms with Crippen LogP contribution in [0.3, 0.4) is 0 Å². The fourth-order valence-corrected chi connectivity index (χ4v) is 2.11. The SMILES string of the molecule is CCC(c1ccc(Br)cc1)N(C)CCN. The van der Waals surface area contributed by atoms with E-state index in [1.54, 1.807) is 0 Å². The standard InChI is InChI=1S/C12H19BrN2/c1-3-12(15(2)9-8-14)10-4-6-11(13)7-5-10/h4-7,12H,3,8-9,14H2,1-2H3. The summed E-state index contributed by atoms with van der Waals surface area (Å²) >= 11 is 3.45. The van der Waals surface area contributed by atoms with Crippen LogP contribution >= 0.6 is 15.9 Å². The van der Waals surface area contributed by atoms with Crippen molar-refractivity contribution >= 4 is 15.9 Å². The van der Waals surface area contributed by atoms with Gasteiger partial charge in [-0.05, 0) is 31.2 Å². The van der Waals surface area contributed by atoms with Gasteiger partial charge in [-0.1, -0.05) is 35.0 Å². The van der Waals surface area contributed by atoms with E-state index >= 15 is 0 Å². The summed E-state index contributed by atoms with van der Waals surface area (Å²) in [7, 11) is 2.13. The summed E-state index contributed by atoms with van der Waals surface area (Å²) < 4.78 is 1.13. The largest absolute Gasteiger partial charge is 0.329 e. The normalized spacial score (nSPS) is 13.1. The molecule has 3 heteroatoms. The second-order valence-electron chi connectivity index (χ2n) is 3.74. The molecule has 0 saturated heterocycles. The van der Waals surface area contributed by atoms with Crippen LogP contribution in [-0.4, -0.2) is 25.0 Å². The summed E-state index contributed by atoms with van der Waals surface area (Å²) in [5.74, 6) is 0. The molecule has 2 N–H and O–H groups in total. The predicted octanol–water partition coefficient (Wildman–Crippen LogP) is 2.79. The van der Waals surface area contributed by atoms with Crippen LogP contribution in [0.2, 0.25) is 0 Å². The third kappa shape index (κ3) is 3.59. The molecule has 0 aliphatic rings. The van der Waals surface area contributed by atoms with Gasteiger partial charge in [0.15, 0.2) is 0 Å². The van der Waals surface area contributed by atoms with Crippen LogP contribution in [0.25, 0.3) is 0 Å². The molecule has 0 heterocycles. The van der Waals surface area contributed by atoms with Crippen LogP contribution in [0.1, 0.15) is 24.9 Å². The Morgan fingerprint density at radius 2 is 1.93 bits per heavy atom. The highest BCUT2D eigenvalue weighted by Crippen LogP contribution is 2.23. The van der Waals surface area contributed by atoms with Crippen molar-refractivity contribution in [1.29, 1.82) is 0 Å². The Balaban J connectivity index is 2.77. The average Bonchev–Trinajstić information content (AvgIpc) is 2.22. The molecule has 0 amide bonds. The topological polar surface area (TPSA) is 29.3 Å². The van der Waals surface area contributed by atoms with Crippen LogP contribution in [0, 0.1) is 0 Å². The summed E-state index contributed by atoms with van der Waals surface area (Å²) in [5, 5.41) is 0. The molecule has 84 valence electrons. The number of nitrogens with zero attached hydrogens (tertiary/aromatic N) is 1. The molecule has 0 aromatic heterocycles. The highest BCUT2D eigenvalue weighted by molar-refractivity contribution is 9.10. The van der Waals surface area contributed by atoms with Gasteiger partial charge in [-0.2, -0.15) is 0 Å². The van der Waals surface area contributed by atoms with E-state index in [9.17, 15) is 0 Å². The first kappa shape index (κ1) is 12.7. The van der Waals surface area contributed by atoms with E-state index in [4.69, 9.17) is 5.73 Å². The molecule has 1 aromatic rings. The zero-order valence-corrected chi connectivity index (χ0v) is 11.0. The first-order valence-electron chi connectivity index (χ1n) is 5.34. The van der Waals surface area contributed by atoms with Gasteiger partial charge in [0.05, 0.1) is 0 Å². The second-order valence-corrected chi connectivity index (χ2v) is 4.66. The molecule has 0 spiro atoms. The summed E-state index contributed by atoms with van der Waals surface area (Å²) in [6.07, 6.45) is 1.11. The summed E-state index contributed by atoms with van der Waals surface area (Å²) in [5.41, 5.74) is 6.93. The maximum atomic E-state index is 5.57. The fraction of sp³-hybridized carbons (Fsp3) is 0.500. The van der Waals surface area contributed by atoms with Gasteiger partial charge in [0, 0.05) is 23.6 Å². The van der Waals surface area contributed by atoms with E-state index in [1.165, 1.54) is 5.56 Å². The molecule has 0 fully saturated rings. The molecular formula is C12H19BrN2. The van der Waals surface area contributed by atoms with Crippen molar-refractivity contribution in [3.05, 3.63) is 34.3 Å². The van der Waals surface area contributed by atoms with Crippen molar-refractivity contribution in [2.45, 2.75) is 19.4 Å². The third-order valence-corrected chi connectivity index (χ3v) is 3.18. The molecule has 0 saturated carbocycles. The Labute approximate surface area is 101 Å². The Kier molecular flexibility index (Phi) is 5.29. The van der Waals surface area contributed by atoms with E-state index in [0.717, 1.165) is 17.4 Å². The molecule has 0 aliphatic heterocycles. The maximum absolute atomic E-state index is 5.57. The van der Waals surface area contributed by atoms with Crippen molar-refractivity contribution < 1.29 is 0 Å². The highest BCUT2D eigenvalue weighted by atomic mass is 79.9. The quantitative estimate of drug-likeness (QED) is 0.892. The molecular weight excluding hydrogens is 252 g/mol. The van der Waals surface area contributed by atoms with Gasteiger partial charge in [0.2, 0.25) is 0 Å². The highest BCUT2D eigenvalue weighted by Gasteiger charge is 2.13. The zero-order valence-electron chi connectivity index (χ0n) is 9.41. The molecule has 15 heavy (non-hydrogen) atoms. The van der Waals surface area contributed by atoms with Crippen molar-refractivity contribution in [2.24, 2.45) is 5.73 Å². The number of likely N-dealkylation sites (N-methyl/N-ethyl adjacent to an activating group) is 1. The van der Waals surface area contributed by atoms with Crippen LogP contribution in [0.5, 0.6) is 0 Å². The van der Waals surface area contributed by atoms with Gasteiger partial charge >= 0.3 is 0 Å². The summed E-state index contributed by atoms with van der Waals surface area (Å²) in [6.45, 7) is 3.86. The van der Waals surface area contributed by atoms with E-state index in [2.05, 4.69) is 59.1 Å². The Morgan fingerprint density at radius 3 is 2.40 bits per heavy atom. The number of benzene rings is 1. The lowest BCUT2D eigenvalue weighted by molar-refractivity contribution is 0.245. The van der Waals surface area contributed by atoms with Crippen LogP contribution in [0.4, 0.5) is 0 Å². The van der Waals surface area contributed by atoms with Gasteiger partial charge in [0.1, 0.15) is 0 Å². The van der Waals surface area contributed by atoms with Gasteiger partial charge in [-0.3, -0.25) is 4.90 Å². The van der Waals surface area contributed by atoms with Gasteiger partial charge in [-0.25, -0.2) is 0 Å². The number of nitrogens with two attached hydrogens (primary N) is 1. The van der Waals surface area contributed by atoms with Crippen LogP contribution < -0.4 is 5.73 Å². The van der Waals surface area contributed by atoms with Crippen molar-refractivity contribution in [3.63, 3.8) is 0 Å². The fourth-order valence-electron chi connectivity index (χ4n) is 1.85. The smallest absolute Gasteiger partial charge is 0.0343 e. The second kappa shape index (κ2) is 6.26. The summed E-state index contributed by atoms with van der Waals surface area (Å²) in [4.78, 5) is 2.31. The average molecular weight is 271 g/mol. The van der Waals surface area contributed by atoms with Crippen LogP contribution in [0.15, 0.2) is 28.7 Å². The number of halogens is 1. The Morgan fingerprint density at radius 1 is 1.33 bits per heavy atom. The maximum Gasteiger partial charge on any atom is 0.0343 e. The Hall–Kier alpha value is -0.380. The molecule has 0 radical (unpaired) electrons. The predicted molar refractivity (Wildman–Crippen MR) is 68.9 cm³/mol. The van der Waals surface area contributed by atoms with Gasteiger partial charge in [0.25, 0.3) is 0 Å². The lowest BCUT2D eigenvalue weighted by Crippen LogP contribution is -2.29. The van der Waals surface area contributed by atoms with E-state index in [0.29, 0.717) is 12.6 Å². The zero-order chi connectivity index (χ0) is 11.3. The number of rotatable bonds is 5. The van der Waals surface area contributed by atoms with E-state index in [-0.39, 0.29) is 0 Å². The number of hydrogen-bond donors (Lipinski definition) is 1. The first-order valence-corrected chi connectivity index (χ1v) is 6.14. The molecule has 1 rings (SSSR count). The lowest BCUT2D eigenvalue weighted by Gasteiger charge is -2.27. The van der Waals surface area contributed by atoms with Gasteiger partial charge in [-0.15, -0.1) is 0 Å². The Bertz CT molecular complexity index is 284. The first-order chi connectivity index (χ1) is 7.19. The minimum Gasteiger partial charge on any atom is -0.329 e. The number of hydrogen-bond acceptors (Lipinski definition) is 2. The molecule has 1 atom stereocenters. The van der Waals surface area contributed by atoms with Gasteiger partial charge < -0.3 is 5.73 Å². The molecule has 1 aromatic carbocycles. The third-order valence-electron chi connectivity index (χ3n) is 2.66. The van der Waals surface area contributed by atoms with E-state index in [1.807, 2.05) is 0 Å². The molecule has 0 aliphatic carbocycles. The lowest BCUT2D eigenvalue weighted by atomic mass is 10.0. The van der Waals surface area contributed by atoms with Crippen molar-refractivity contribution in [2.75, 3.05) is 20.1 Å². The molecule has 0 bridgehead atoms. The van der Waals surface area contributed by atoms with Crippen LogP contribution in [-0.2, 0) is 0 Å². The molecule has 2 nitrogen and oxygen atoms in total. The van der Waals surface area contributed by atoms with Crippen molar-refractivity contribution in [3.8, 4) is 0 Å². The van der Waals surface area contributed by atoms with E-state index < -0.39 is 0 Å². The minimum absolute atomic E-state index is 0.474. The van der Waals surface area contributed by atoms with Crippen molar-refractivity contribution in [1.82, 2.24) is 4.90 Å². The minimum atomic E-state index is 0.474. The monoisotopic (exact) mass is 270 g/mol. The summed E-state index contributed by atoms with van der Waals surface area (Å²) in [6, 6.07) is 9.00.